The average Bonchev–Trinajstić information content (AvgIpc) is 3.59. The van der Waals surface area contributed by atoms with E-state index >= 15 is 0 Å². The lowest BCUT2D eigenvalue weighted by Crippen LogP contribution is -2.36. The highest BCUT2D eigenvalue weighted by molar-refractivity contribution is 5.85. The third-order valence-corrected chi connectivity index (χ3v) is 7.39. The van der Waals surface area contributed by atoms with Crippen molar-refractivity contribution in [3.8, 4) is 5.75 Å². The summed E-state index contributed by atoms with van der Waals surface area (Å²) in [5.74, 6) is 1.58. The summed E-state index contributed by atoms with van der Waals surface area (Å²) in [7, 11) is 0. The molecule has 0 bridgehead atoms. The lowest BCUT2D eigenvalue weighted by molar-refractivity contribution is -0.127. The molecule has 2 aromatic carbocycles. The van der Waals surface area contributed by atoms with E-state index in [1.165, 1.54) is 0 Å². The molecule has 2 saturated heterocycles. The van der Waals surface area contributed by atoms with Gasteiger partial charge in [-0.1, -0.05) is 12.1 Å². The van der Waals surface area contributed by atoms with Crippen LogP contribution in [0.4, 0.5) is 23.1 Å². The maximum atomic E-state index is 12.1. The van der Waals surface area contributed by atoms with Crippen molar-refractivity contribution in [2.45, 2.75) is 25.8 Å². The molecule has 6 rings (SSSR count). The second kappa shape index (κ2) is 11.8. The van der Waals surface area contributed by atoms with E-state index in [1.807, 2.05) is 33.7 Å². The Balaban J connectivity index is 1.22. The van der Waals surface area contributed by atoms with Crippen molar-refractivity contribution in [3.63, 3.8) is 0 Å². The molecule has 2 aromatic heterocycles. The number of nitrogens with one attached hydrogen (secondary N) is 2. The topological polar surface area (TPSA) is 121 Å². The van der Waals surface area contributed by atoms with Gasteiger partial charge in [0.2, 0.25) is 11.9 Å². The van der Waals surface area contributed by atoms with Gasteiger partial charge in [-0.25, -0.2) is 4.98 Å². The Morgan fingerprint density at radius 3 is 2.50 bits per heavy atom. The number of imidazole rings is 1. The van der Waals surface area contributed by atoms with E-state index in [1.54, 1.807) is 18.5 Å². The quantitative estimate of drug-likeness (QED) is 0.277. The molecule has 1 amide bonds. The number of phenols is 1. The number of ether oxygens (including phenoxy) is 1. The largest absolute Gasteiger partial charge is 0.508 e. The maximum Gasteiger partial charge on any atom is 0.231 e. The molecular weight excluding hydrogens is 508 g/mol. The standard InChI is InChI=1S/C29H34N8O3/c38-24-9-3-21(4-10-24)11-12-30-27-26-28(37(20-31-26)15-14-36-13-1-2-25(36)39)34-29(33-27)32-22-5-7-23(8-6-22)35-16-18-40-19-17-35/h3-10,20,38H,1-2,11-19H2,(H2,30,32,33,34). The predicted octanol–water partition coefficient (Wildman–Crippen LogP) is 3.39. The molecule has 0 spiro atoms. The summed E-state index contributed by atoms with van der Waals surface area (Å²) in [6, 6.07) is 15.5. The van der Waals surface area contributed by atoms with Crippen LogP contribution in [0.15, 0.2) is 54.9 Å². The van der Waals surface area contributed by atoms with Crippen molar-refractivity contribution in [3.05, 3.63) is 60.4 Å². The maximum absolute atomic E-state index is 12.1. The zero-order valence-electron chi connectivity index (χ0n) is 22.4. The average molecular weight is 543 g/mol. The molecule has 11 heteroatoms. The zero-order chi connectivity index (χ0) is 27.3. The van der Waals surface area contributed by atoms with Gasteiger partial charge in [-0.2, -0.15) is 9.97 Å². The number of carbonyl (C=O) groups is 1. The Kier molecular flexibility index (Phi) is 7.62. The van der Waals surface area contributed by atoms with Gasteiger partial charge in [0, 0.05) is 57.1 Å². The summed E-state index contributed by atoms with van der Waals surface area (Å²) >= 11 is 0. The van der Waals surface area contributed by atoms with Crippen LogP contribution in [-0.4, -0.2) is 81.4 Å². The first-order chi connectivity index (χ1) is 19.6. The zero-order valence-corrected chi connectivity index (χ0v) is 22.4. The number of fused-ring (bicyclic) bond motifs is 1. The summed E-state index contributed by atoms with van der Waals surface area (Å²) < 4.78 is 7.46. The molecule has 0 radical (unpaired) electrons. The summed E-state index contributed by atoms with van der Waals surface area (Å²) in [4.78, 5) is 30.6. The van der Waals surface area contributed by atoms with Crippen molar-refractivity contribution >= 4 is 40.2 Å². The summed E-state index contributed by atoms with van der Waals surface area (Å²) in [6.45, 7) is 5.95. The Morgan fingerprint density at radius 2 is 1.75 bits per heavy atom. The van der Waals surface area contributed by atoms with Crippen LogP contribution in [0.25, 0.3) is 11.2 Å². The van der Waals surface area contributed by atoms with Gasteiger partial charge >= 0.3 is 0 Å². The normalized spacial score (nSPS) is 15.7. The minimum Gasteiger partial charge on any atom is -0.508 e. The molecule has 40 heavy (non-hydrogen) atoms. The van der Waals surface area contributed by atoms with Crippen LogP contribution in [0.1, 0.15) is 18.4 Å². The Labute approximate surface area is 232 Å². The van der Waals surface area contributed by atoms with E-state index in [9.17, 15) is 9.90 Å². The lowest BCUT2D eigenvalue weighted by Gasteiger charge is -2.28. The van der Waals surface area contributed by atoms with Gasteiger partial charge in [0.15, 0.2) is 17.0 Å². The molecule has 2 fully saturated rings. The number of nitrogens with zero attached hydrogens (tertiary/aromatic N) is 6. The first-order valence-corrected chi connectivity index (χ1v) is 13.8. The first-order valence-electron chi connectivity index (χ1n) is 13.8. The van der Waals surface area contributed by atoms with Crippen LogP contribution >= 0.6 is 0 Å². The van der Waals surface area contributed by atoms with Gasteiger partial charge in [0.05, 0.1) is 19.5 Å². The number of phenolic OH excluding ortho intramolecular Hbond substituents is 1. The third-order valence-electron chi connectivity index (χ3n) is 7.39. The number of hydrogen-bond donors (Lipinski definition) is 3. The molecule has 2 aliphatic heterocycles. The van der Waals surface area contributed by atoms with Crippen molar-refractivity contribution in [1.29, 1.82) is 0 Å². The highest BCUT2D eigenvalue weighted by atomic mass is 16.5. The Morgan fingerprint density at radius 1 is 0.950 bits per heavy atom. The molecule has 4 heterocycles. The molecule has 0 unspecified atom stereocenters. The number of morpholine rings is 1. The molecule has 11 nitrogen and oxygen atoms in total. The Hall–Kier alpha value is -4.38. The first kappa shape index (κ1) is 25.9. The molecule has 0 saturated carbocycles. The van der Waals surface area contributed by atoms with E-state index in [4.69, 9.17) is 14.7 Å². The fraction of sp³-hybridized carbons (Fsp3) is 0.379. The third kappa shape index (κ3) is 5.94. The van der Waals surface area contributed by atoms with Gasteiger partial charge in [-0.05, 0) is 54.8 Å². The van der Waals surface area contributed by atoms with Crippen LogP contribution < -0.4 is 15.5 Å². The van der Waals surface area contributed by atoms with Crippen molar-refractivity contribution in [2.24, 2.45) is 0 Å². The minimum absolute atomic E-state index is 0.207. The number of aromatic hydroxyl groups is 1. The van der Waals surface area contributed by atoms with Gasteiger partial charge < -0.3 is 34.8 Å². The highest BCUT2D eigenvalue weighted by Crippen LogP contribution is 2.25. The number of carbonyl (C=O) groups excluding carboxylic acids is 1. The number of aromatic nitrogens is 4. The van der Waals surface area contributed by atoms with Crippen molar-refractivity contribution in [2.75, 3.05) is 61.5 Å². The smallest absolute Gasteiger partial charge is 0.231 e. The van der Waals surface area contributed by atoms with E-state index in [0.29, 0.717) is 49.0 Å². The predicted molar refractivity (Wildman–Crippen MR) is 154 cm³/mol. The van der Waals surface area contributed by atoms with E-state index < -0.39 is 0 Å². The second-order valence-electron chi connectivity index (χ2n) is 10.1. The van der Waals surface area contributed by atoms with E-state index in [2.05, 4.69) is 32.7 Å². The van der Waals surface area contributed by atoms with Gasteiger partial charge in [0.25, 0.3) is 0 Å². The molecular formula is C29H34N8O3. The molecule has 3 N–H and O–H groups in total. The Bertz CT molecular complexity index is 1450. The number of rotatable bonds is 10. The number of anilines is 4. The summed E-state index contributed by atoms with van der Waals surface area (Å²) in [6.07, 6.45) is 4.07. The second-order valence-corrected chi connectivity index (χ2v) is 10.1. The molecule has 0 aliphatic carbocycles. The van der Waals surface area contributed by atoms with E-state index in [-0.39, 0.29) is 11.7 Å². The van der Waals surface area contributed by atoms with Gasteiger partial charge in [0.1, 0.15) is 5.75 Å². The minimum atomic E-state index is 0.207. The summed E-state index contributed by atoms with van der Waals surface area (Å²) in [5, 5.41) is 16.4. The number of hydrogen-bond acceptors (Lipinski definition) is 9. The fourth-order valence-corrected chi connectivity index (χ4v) is 5.15. The van der Waals surface area contributed by atoms with E-state index in [0.717, 1.165) is 62.6 Å². The van der Waals surface area contributed by atoms with Crippen LogP contribution in [0.5, 0.6) is 5.75 Å². The number of likely N-dealkylation sites (tertiary alicyclic amines) is 1. The molecule has 208 valence electrons. The molecule has 0 atom stereocenters. The van der Waals surface area contributed by atoms with Crippen LogP contribution in [0.3, 0.4) is 0 Å². The van der Waals surface area contributed by atoms with Crippen molar-refractivity contribution < 1.29 is 14.6 Å². The summed E-state index contributed by atoms with van der Waals surface area (Å²) in [5.41, 5.74) is 4.56. The highest BCUT2D eigenvalue weighted by Gasteiger charge is 2.21. The fourth-order valence-electron chi connectivity index (χ4n) is 5.15. The molecule has 2 aliphatic rings. The van der Waals surface area contributed by atoms with Gasteiger partial charge in [-0.15, -0.1) is 0 Å². The van der Waals surface area contributed by atoms with Crippen LogP contribution in [0, 0.1) is 0 Å². The van der Waals surface area contributed by atoms with Gasteiger partial charge in [-0.3, -0.25) is 4.79 Å². The van der Waals surface area contributed by atoms with Crippen LogP contribution in [0.2, 0.25) is 0 Å². The molecule has 4 aromatic rings. The van der Waals surface area contributed by atoms with Crippen LogP contribution in [-0.2, 0) is 22.5 Å². The number of benzene rings is 2. The monoisotopic (exact) mass is 542 g/mol. The van der Waals surface area contributed by atoms with Crippen molar-refractivity contribution in [1.82, 2.24) is 24.4 Å². The lowest BCUT2D eigenvalue weighted by atomic mass is 10.1. The number of amides is 1. The SMILES string of the molecule is O=C1CCCN1CCn1cnc2c(NCCc3ccc(O)cc3)nc(Nc3ccc(N4CCOCC4)cc3)nc21.